The fourth-order valence-corrected chi connectivity index (χ4v) is 3.99. The minimum atomic E-state index is -1.16. The maximum Gasteiger partial charge on any atom is 0.222 e. The molecule has 2 aromatic carbocycles. The SMILES string of the molecule is COC1(CS(=O)c2ccc(C)cc2)CCc2ccccc2O1. The van der Waals surface area contributed by atoms with Gasteiger partial charge in [-0.15, -0.1) is 0 Å². The highest BCUT2D eigenvalue weighted by atomic mass is 32.2. The highest BCUT2D eigenvalue weighted by Crippen LogP contribution is 2.34. The Balaban J connectivity index is 1.80. The van der Waals surface area contributed by atoms with Gasteiger partial charge in [0.15, 0.2) is 0 Å². The van der Waals surface area contributed by atoms with Gasteiger partial charge in [-0.25, -0.2) is 0 Å². The number of benzene rings is 2. The zero-order chi connectivity index (χ0) is 15.6. The lowest BCUT2D eigenvalue weighted by molar-refractivity contribution is -0.156. The molecular formula is C18H20O3S. The summed E-state index contributed by atoms with van der Waals surface area (Å²) in [5, 5.41) is 0. The van der Waals surface area contributed by atoms with Crippen molar-refractivity contribution in [3.05, 3.63) is 59.7 Å². The van der Waals surface area contributed by atoms with E-state index in [1.165, 1.54) is 5.56 Å². The second-order valence-electron chi connectivity index (χ2n) is 5.63. The van der Waals surface area contributed by atoms with Crippen LogP contribution in [0.15, 0.2) is 53.4 Å². The quantitative estimate of drug-likeness (QED) is 0.866. The van der Waals surface area contributed by atoms with E-state index in [1.54, 1.807) is 7.11 Å². The van der Waals surface area contributed by atoms with Crippen LogP contribution >= 0.6 is 0 Å². The normalized spacial score (nSPS) is 21.7. The number of aryl methyl sites for hydroxylation is 2. The summed E-state index contributed by atoms with van der Waals surface area (Å²) in [5.74, 6) is 0.349. The predicted octanol–water partition coefficient (Wildman–Crippen LogP) is 3.47. The van der Waals surface area contributed by atoms with Crippen LogP contribution < -0.4 is 4.74 Å². The molecule has 1 aliphatic heterocycles. The van der Waals surface area contributed by atoms with E-state index in [0.29, 0.717) is 12.2 Å². The molecule has 0 fully saturated rings. The zero-order valence-corrected chi connectivity index (χ0v) is 13.7. The predicted molar refractivity (Wildman–Crippen MR) is 87.6 cm³/mol. The largest absolute Gasteiger partial charge is 0.461 e. The smallest absolute Gasteiger partial charge is 0.222 e. The summed E-state index contributed by atoms with van der Waals surface area (Å²) in [4.78, 5) is 0.810. The minimum Gasteiger partial charge on any atom is -0.461 e. The van der Waals surface area contributed by atoms with Gasteiger partial charge in [-0.1, -0.05) is 35.9 Å². The molecule has 3 rings (SSSR count). The van der Waals surface area contributed by atoms with Crippen molar-refractivity contribution in [2.75, 3.05) is 12.9 Å². The molecule has 0 bridgehead atoms. The molecule has 2 aromatic rings. The van der Waals surface area contributed by atoms with Gasteiger partial charge in [0.25, 0.3) is 0 Å². The third-order valence-electron chi connectivity index (χ3n) is 4.05. The first-order valence-corrected chi connectivity index (χ1v) is 8.71. The van der Waals surface area contributed by atoms with Crippen LogP contribution in [0.5, 0.6) is 5.75 Å². The van der Waals surface area contributed by atoms with Crippen LogP contribution in [0.25, 0.3) is 0 Å². The molecule has 0 N–H and O–H groups in total. The van der Waals surface area contributed by atoms with E-state index >= 15 is 0 Å². The summed E-state index contributed by atoms with van der Waals surface area (Å²) in [7, 11) is 0.470. The number of hydrogen-bond acceptors (Lipinski definition) is 3. The van der Waals surface area contributed by atoms with Gasteiger partial charge >= 0.3 is 0 Å². The van der Waals surface area contributed by atoms with Crippen molar-refractivity contribution < 1.29 is 13.7 Å². The van der Waals surface area contributed by atoms with Gasteiger partial charge in [-0.3, -0.25) is 4.21 Å². The van der Waals surface area contributed by atoms with Crippen molar-refractivity contribution in [1.82, 2.24) is 0 Å². The third kappa shape index (κ3) is 3.08. The lowest BCUT2D eigenvalue weighted by Crippen LogP contribution is -2.46. The van der Waals surface area contributed by atoms with Gasteiger partial charge in [0.2, 0.25) is 5.79 Å². The standard InChI is InChI=1S/C18H20O3S/c1-14-7-9-16(10-8-14)22(19)13-18(20-2)12-11-15-5-3-4-6-17(15)21-18/h3-10H,11-13H2,1-2H3. The molecule has 2 unspecified atom stereocenters. The molecule has 116 valence electrons. The van der Waals surface area contributed by atoms with Crippen LogP contribution in [-0.4, -0.2) is 22.9 Å². The van der Waals surface area contributed by atoms with Gasteiger partial charge in [0.05, 0.1) is 16.6 Å². The highest BCUT2D eigenvalue weighted by Gasteiger charge is 2.38. The van der Waals surface area contributed by atoms with E-state index in [9.17, 15) is 4.21 Å². The average molecular weight is 316 g/mol. The Labute approximate surface area is 133 Å². The molecule has 22 heavy (non-hydrogen) atoms. The van der Waals surface area contributed by atoms with Crippen LogP contribution in [0.4, 0.5) is 0 Å². The van der Waals surface area contributed by atoms with E-state index in [1.807, 2.05) is 49.4 Å². The summed E-state index contributed by atoms with van der Waals surface area (Å²) in [6, 6.07) is 15.7. The lowest BCUT2D eigenvalue weighted by atomic mass is 10.0. The van der Waals surface area contributed by atoms with Crippen molar-refractivity contribution in [1.29, 1.82) is 0 Å². The monoisotopic (exact) mass is 316 g/mol. The number of methoxy groups -OCH3 is 1. The van der Waals surface area contributed by atoms with E-state index in [2.05, 4.69) is 6.07 Å². The summed E-state index contributed by atoms with van der Waals surface area (Å²) >= 11 is 0. The van der Waals surface area contributed by atoms with Crippen LogP contribution in [-0.2, 0) is 22.0 Å². The summed E-state index contributed by atoms with van der Waals surface area (Å²) in [5.41, 5.74) is 2.33. The van der Waals surface area contributed by atoms with Crippen molar-refractivity contribution in [2.45, 2.75) is 30.4 Å². The summed E-state index contributed by atoms with van der Waals surface area (Å²) in [6.45, 7) is 2.02. The first-order valence-electron chi connectivity index (χ1n) is 7.39. The average Bonchev–Trinajstić information content (AvgIpc) is 2.55. The number of ether oxygens (including phenoxy) is 2. The second kappa shape index (κ2) is 6.23. The van der Waals surface area contributed by atoms with Gasteiger partial charge in [-0.05, 0) is 37.1 Å². The van der Waals surface area contributed by atoms with Crippen molar-refractivity contribution in [3.63, 3.8) is 0 Å². The Hall–Kier alpha value is -1.65. The molecule has 0 aromatic heterocycles. The van der Waals surface area contributed by atoms with Crippen LogP contribution in [0.2, 0.25) is 0 Å². The Kier molecular flexibility index (Phi) is 4.32. The third-order valence-corrected chi connectivity index (χ3v) is 5.55. The molecule has 0 radical (unpaired) electrons. The van der Waals surface area contributed by atoms with Crippen LogP contribution in [0, 0.1) is 6.92 Å². The van der Waals surface area contributed by atoms with E-state index in [0.717, 1.165) is 22.6 Å². The highest BCUT2D eigenvalue weighted by molar-refractivity contribution is 7.85. The van der Waals surface area contributed by atoms with Crippen LogP contribution in [0.1, 0.15) is 17.5 Å². The van der Waals surface area contributed by atoms with Gasteiger partial charge in [-0.2, -0.15) is 0 Å². The number of hydrogen-bond donors (Lipinski definition) is 0. The molecule has 3 nitrogen and oxygen atoms in total. The zero-order valence-electron chi connectivity index (χ0n) is 12.9. The maximum atomic E-state index is 12.7. The maximum absolute atomic E-state index is 12.7. The number of rotatable bonds is 4. The Morgan fingerprint density at radius 3 is 2.64 bits per heavy atom. The molecule has 1 heterocycles. The van der Waals surface area contributed by atoms with E-state index < -0.39 is 16.6 Å². The number of para-hydroxylation sites is 1. The molecule has 4 heteroatoms. The molecule has 1 aliphatic rings. The fourth-order valence-electron chi connectivity index (χ4n) is 2.66. The molecule has 0 spiro atoms. The van der Waals surface area contributed by atoms with E-state index in [-0.39, 0.29) is 0 Å². The molecule has 0 amide bonds. The van der Waals surface area contributed by atoms with Gasteiger partial charge < -0.3 is 9.47 Å². The topological polar surface area (TPSA) is 35.5 Å². The Bertz CT molecular complexity index is 681. The molecule has 0 saturated carbocycles. The van der Waals surface area contributed by atoms with Crippen molar-refractivity contribution in [2.24, 2.45) is 0 Å². The Morgan fingerprint density at radius 1 is 1.18 bits per heavy atom. The minimum absolute atomic E-state index is 0.334. The number of fused-ring (bicyclic) bond motifs is 1. The molecule has 0 saturated heterocycles. The summed E-state index contributed by atoms with van der Waals surface area (Å²) < 4.78 is 24.4. The molecule has 2 atom stereocenters. The van der Waals surface area contributed by atoms with Crippen molar-refractivity contribution in [3.8, 4) is 5.75 Å². The van der Waals surface area contributed by atoms with Crippen LogP contribution in [0.3, 0.4) is 0 Å². The first-order chi connectivity index (χ1) is 10.6. The second-order valence-corrected chi connectivity index (χ2v) is 7.08. The van der Waals surface area contributed by atoms with E-state index in [4.69, 9.17) is 9.47 Å². The van der Waals surface area contributed by atoms with Gasteiger partial charge in [0.1, 0.15) is 5.75 Å². The fraction of sp³-hybridized carbons (Fsp3) is 0.333. The lowest BCUT2D eigenvalue weighted by Gasteiger charge is -2.37. The van der Waals surface area contributed by atoms with Gasteiger partial charge in [0, 0.05) is 18.4 Å². The molecular weight excluding hydrogens is 296 g/mol. The molecule has 0 aliphatic carbocycles. The summed E-state index contributed by atoms with van der Waals surface area (Å²) in [6.07, 6.45) is 1.58. The first kappa shape index (κ1) is 15.3. The Morgan fingerprint density at radius 2 is 1.91 bits per heavy atom. The van der Waals surface area contributed by atoms with Crippen molar-refractivity contribution >= 4 is 10.8 Å².